The first-order valence-electron chi connectivity index (χ1n) is 6.24. The van der Waals surface area contributed by atoms with Crippen LogP contribution in [0.5, 0.6) is 5.75 Å². The van der Waals surface area contributed by atoms with Crippen molar-refractivity contribution < 1.29 is 9.84 Å². The van der Waals surface area contributed by atoms with E-state index < -0.39 is 6.10 Å². The van der Waals surface area contributed by atoms with Gasteiger partial charge >= 0.3 is 0 Å². The van der Waals surface area contributed by atoms with Crippen molar-refractivity contribution in [3.63, 3.8) is 0 Å². The Morgan fingerprint density at radius 1 is 1.06 bits per heavy atom. The average molecular weight is 240 g/mol. The van der Waals surface area contributed by atoms with Crippen molar-refractivity contribution in [1.82, 2.24) is 0 Å². The van der Waals surface area contributed by atoms with E-state index in [9.17, 15) is 5.11 Å². The summed E-state index contributed by atoms with van der Waals surface area (Å²) in [5.41, 5.74) is 3.24. The molecule has 0 spiro atoms. The van der Waals surface area contributed by atoms with Crippen molar-refractivity contribution >= 4 is 0 Å². The Morgan fingerprint density at radius 2 is 1.78 bits per heavy atom. The van der Waals surface area contributed by atoms with E-state index in [1.54, 1.807) is 0 Å². The Balaban J connectivity index is 1.92. The maximum absolute atomic E-state index is 10.2. The molecule has 92 valence electrons. The number of para-hydroxylation sites is 1. The molecular formula is C16H16O2. The molecule has 1 aliphatic heterocycles. The Hall–Kier alpha value is -1.80. The number of ether oxygens (including phenoxy) is 1. The van der Waals surface area contributed by atoms with Crippen molar-refractivity contribution in [2.75, 3.05) is 0 Å². The lowest BCUT2D eigenvalue weighted by Gasteiger charge is -2.29. The van der Waals surface area contributed by atoms with E-state index in [0.29, 0.717) is 6.42 Å². The summed E-state index contributed by atoms with van der Waals surface area (Å²) in [6.45, 7) is 2.07. The topological polar surface area (TPSA) is 29.5 Å². The number of aliphatic hydroxyl groups excluding tert-OH is 1. The van der Waals surface area contributed by atoms with Crippen LogP contribution in [0.2, 0.25) is 0 Å². The lowest BCUT2D eigenvalue weighted by molar-refractivity contribution is 0.0657. The highest BCUT2D eigenvalue weighted by Gasteiger charge is 2.27. The third-order valence-corrected chi connectivity index (χ3v) is 3.43. The van der Waals surface area contributed by atoms with E-state index in [2.05, 4.69) is 31.2 Å². The molecule has 2 aromatic rings. The Morgan fingerprint density at radius 3 is 2.56 bits per heavy atom. The summed E-state index contributed by atoms with van der Waals surface area (Å²) in [5, 5.41) is 10.2. The van der Waals surface area contributed by atoms with E-state index in [4.69, 9.17) is 4.74 Å². The quantitative estimate of drug-likeness (QED) is 0.826. The van der Waals surface area contributed by atoms with Crippen LogP contribution in [0, 0.1) is 6.92 Å². The van der Waals surface area contributed by atoms with Gasteiger partial charge in [0.25, 0.3) is 0 Å². The molecule has 2 nitrogen and oxygen atoms in total. The summed E-state index contributed by atoms with van der Waals surface area (Å²) in [6.07, 6.45) is 0.108. The Labute approximate surface area is 107 Å². The lowest BCUT2D eigenvalue weighted by atomic mass is 9.95. The molecule has 0 unspecified atom stereocenters. The summed E-state index contributed by atoms with van der Waals surface area (Å²) >= 11 is 0. The molecule has 0 aliphatic carbocycles. The van der Waals surface area contributed by atoms with Gasteiger partial charge in [0.05, 0.1) is 6.10 Å². The van der Waals surface area contributed by atoms with E-state index in [1.807, 2.05) is 24.3 Å². The molecule has 2 heteroatoms. The van der Waals surface area contributed by atoms with Crippen LogP contribution < -0.4 is 4.74 Å². The maximum atomic E-state index is 10.2. The second kappa shape index (κ2) is 4.46. The van der Waals surface area contributed by atoms with Crippen LogP contribution in [0.4, 0.5) is 0 Å². The molecule has 1 heterocycles. The minimum atomic E-state index is -0.443. The first-order chi connectivity index (χ1) is 8.74. The minimum Gasteiger partial charge on any atom is -0.485 e. The second-order valence-electron chi connectivity index (χ2n) is 4.81. The second-order valence-corrected chi connectivity index (χ2v) is 4.81. The molecule has 2 atom stereocenters. The summed E-state index contributed by atoms with van der Waals surface area (Å²) in [5.74, 6) is 0.793. The van der Waals surface area contributed by atoms with Crippen molar-refractivity contribution in [3.05, 3.63) is 65.2 Å². The van der Waals surface area contributed by atoms with E-state index in [-0.39, 0.29) is 6.10 Å². The van der Waals surface area contributed by atoms with Crippen LogP contribution in [0.25, 0.3) is 0 Å². The van der Waals surface area contributed by atoms with Gasteiger partial charge in [-0.2, -0.15) is 0 Å². The molecule has 0 saturated carbocycles. The molecule has 0 aromatic heterocycles. The normalized spacial score (nSPS) is 22.1. The number of aliphatic hydroxyl groups is 1. The largest absolute Gasteiger partial charge is 0.485 e. The molecule has 0 radical (unpaired) electrons. The summed E-state index contributed by atoms with van der Waals surface area (Å²) < 4.78 is 5.97. The summed E-state index contributed by atoms with van der Waals surface area (Å²) in [4.78, 5) is 0. The van der Waals surface area contributed by atoms with Crippen LogP contribution in [-0.4, -0.2) is 5.11 Å². The van der Waals surface area contributed by atoms with E-state index >= 15 is 0 Å². The van der Waals surface area contributed by atoms with Gasteiger partial charge in [-0.05, 0) is 18.6 Å². The molecule has 2 aromatic carbocycles. The fourth-order valence-electron chi connectivity index (χ4n) is 2.38. The van der Waals surface area contributed by atoms with E-state index in [0.717, 1.165) is 16.9 Å². The highest BCUT2D eigenvalue weighted by molar-refractivity contribution is 5.38. The SMILES string of the molecule is Cc1ccc([C@H]2C[C@H](O)c3ccccc3O2)cc1. The first kappa shape index (κ1) is 11.3. The van der Waals surface area contributed by atoms with Crippen LogP contribution >= 0.6 is 0 Å². The monoisotopic (exact) mass is 240 g/mol. The molecule has 3 rings (SSSR count). The summed E-state index contributed by atoms with van der Waals surface area (Å²) in [6, 6.07) is 16.0. The molecule has 1 N–H and O–H groups in total. The van der Waals surface area contributed by atoms with Crippen molar-refractivity contribution in [1.29, 1.82) is 0 Å². The molecule has 0 saturated heterocycles. The highest BCUT2D eigenvalue weighted by Crippen LogP contribution is 2.40. The minimum absolute atomic E-state index is 0.0597. The van der Waals surface area contributed by atoms with Gasteiger partial charge in [-0.1, -0.05) is 48.0 Å². The Kier molecular flexibility index (Phi) is 2.80. The maximum Gasteiger partial charge on any atom is 0.127 e. The molecule has 0 fully saturated rings. The smallest absolute Gasteiger partial charge is 0.127 e. The highest BCUT2D eigenvalue weighted by atomic mass is 16.5. The molecule has 0 amide bonds. The van der Waals surface area contributed by atoms with Gasteiger partial charge < -0.3 is 9.84 Å². The number of hydrogen-bond acceptors (Lipinski definition) is 2. The van der Waals surface area contributed by atoms with E-state index in [1.165, 1.54) is 5.56 Å². The van der Waals surface area contributed by atoms with Crippen LogP contribution in [0.15, 0.2) is 48.5 Å². The fraction of sp³-hybridized carbons (Fsp3) is 0.250. The predicted molar refractivity (Wildman–Crippen MR) is 70.6 cm³/mol. The van der Waals surface area contributed by atoms with Gasteiger partial charge in [-0.3, -0.25) is 0 Å². The van der Waals surface area contributed by atoms with Gasteiger partial charge in [0.15, 0.2) is 0 Å². The zero-order chi connectivity index (χ0) is 12.5. The summed E-state index contributed by atoms with van der Waals surface area (Å²) in [7, 11) is 0. The number of aryl methyl sites for hydroxylation is 1. The average Bonchev–Trinajstić information content (AvgIpc) is 2.39. The van der Waals surface area contributed by atoms with Gasteiger partial charge in [-0.15, -0.1) is 0 Å². The van der Waals surface area contributed by atoms with Crippen molar-refractivity contribution in [2.45, 2.75) is 25.6 Å². The van der Waals surface area contributed by atoms with Crippen molar-refractivity contribution in [2.24, 2.45) is 0 Å². The number of fused-ring (bicyclic) bond motifs is 1. The third-order valence-electron chi connectivity index (χ3n) is 3.43. The molecule has 1 aliphatic rings. The number of rotatable bonds is 1. The molecule has 0 bridgehead atoms. The standard InChI is InChI=1S/C16H16O2/c1-11-6-8-12(9-7-11)16-10-14(17)13-4-2-3-5-15(13)18-16/h2-9,14,16-17H,10H2,1H3/t14-,16+/m0/s1. The zero-order valence-corrected chi connectivity index (χ0v) is 10.3. The van der Waals surface area contributed by atoms with Gasteiger partial charge in [-0.25, -0.2) is 0 Å². The fourth-order valence-corrected chi connectivity index (χ4v) is 2.38. The van der Waals surface area contributed by atoms with Crippen LogP contribution in [-0.2, 0) is 0 Å². The van der Waals surface area contributed by atoms with Crippen LogP contribution in [0.1, 0.15) is 35.3 Å². The Bertz CT molecular complexity index is 545. The number of benzene rings is 2. The molecule has 18 heavy (non-hydrogen) atoms. The predicted octanol–water partition coefficient (Wildman–Crippen LogP) is 3.55. The van der Waals surface area contributed by atoms with Gasteiger partial charge in [0.1, 0.15) is 11.9 Å². The molecular weight excluding hydrogens is 224 g/mol. The van der Waals surface area contributed by atoms with Crippen LogP contribution in [0.3, 0.4) is 0 Å². The van der Waals surface area contributed by atoms with Crippen molar-refractivity contribution in [3.8, 4) is 5.75 Å². The zero-order valence-electron chi connectivity index (χ0n) is 10.3. The lowest BCUT2D eigenvalue weighted by Crippen LogP contribution is -2.18. The van der Waals surface area contributed by atoms with Gasteiger partial charge in [0.2, 0.25) is 0 Å². The third kappa shape index (κ3) is 2.00. The first-order valence-corrected chi connectivity index (χ1v) is 6.24. The number of hydrogen-bond donors (Lipinski definition) is 1. The van der Waals surface area contributed by atoms with Gasteiger partial charge in [0, 0.05) is 12.0 Å².